The largest absolute Gasteiger partial charge is 0.399 e. The fraction of sp³-hybridized carbons (Fsp3) is 0.600. The molecule has 0 radical (unpaired) electrons. The molecule has 17 heavy (non-hydrogen) atoms. The van der Waals surface area contributed by atoms with Gasteiger partial charge in [0.25, 0.3) is 0 Å². The van der Waals surface area contributed by atoms with Gasteiger partial charge in [0, 0.05) is 24.8 Å². The van der Waals surface area contributed by atoms with E-state index in [1.165, 1.54) is 12.1 Å². The highest BCUT2D eigenvalue weighted by Gasteiger charge is 2.10. The van der Waals surface area contributed by atoms with Crippen molar-refractivity contribution in [1.82, 2.24) is 4.90 Å². The molecule has 0 unspecified atom stereocenters. The van der Waals surface area contributed by atoms with Crippen molar-refractivity contribution in [3.8, 4) is 0 Å². The van der Waals surface area contributed by atoms with Crippen LogP contribution in [0.2, 0.25) is 0 Å². The summed E-state index contributed by atoms with van der Waals surface area (Å²) in [7, 11) is 0. The van der Waals surface area contributed by atoms with Gasteiger partial charge in [-0.25, -0.2) is 0 Å². The average molecular weight is 234 g/mol. The van der Waals surface area contributed by atoms with Gasteiger partial charge in [-0.15, -0.1) is 0 Å². The minimum Gasteiger partial charge on any atom is -0.399 e. The van der Waals surface area contributed by atoms with E-state index >= 15 is 0 Å². The Morgan fingerprint density at radius 2 is 1.65 bits per heavy atom. The molecule has 0 atom stereocenters. The molecule has 0 spiro atoms. The van der Waals surface area contributed by atoms with Gasteiger partial charge >= 0.3 is 0 Å². The van der Waals surface area contributed by atoms with Crippen molar-refractivity contribution >= 4 is 5.69 Å². The zero-order chi connectivity index (χ0) is 12.8. The lowest BCUT2D eigenvalue weighted by Crippen LogP contribution is -2.35. The minimum atomic E-state index is 0.617. The Bertz CT molecular complexity index is 314. The van der Waals surface area contributed by atoms with Crippen LogP contribution >= 0.6 is 0 Å². The summed E-state index contributed by atoms with van der Waals surface area (Å²) >= 11 is 0. The zero-order valence-corrected chi connectivity index (χ0v) is 11.6. The van der Waals surface area contributed by atoms with Gasteiger partial charge in [-0.2, -0.15) is 0 Å². The molecule has 2 heteroatoms. The van der Waals surface area contributed by atoms with E-state index in [2.05, 4.69) is 44.7 Å². The van der Waals surface area contributed by atoms with Crippen LogP contribution in [-0.4, -0.2) is 24.0 Å². The van der Waals surface area contributed by atoms with Crippen LogP contribution in [0.1, 0.15) is 33.3 Å². The average Bonchev–Trinajstić information content (AvgIpc) is 2.25. The van der Waals surface area contributed by atoms with Crippen molar-refractivity contribution in [3.05, 3.63) is 29.8 Å². The van der Waals surface area contributed by atoms with E-state index in [0.29, 0.717) is 6.04 Å². The highest BCUT2D eigenvalue weighted by Crippen LogP contribution is 2.09. The third-order valence-corrected chi connectivity index (χ3v) is 3.00. The van der Waals surface area contributed by atoms with Crippen molar-refractivity contribution in [2.75, 3.05) is 18.8 Å². The Balaban J connectivity index is 2.48. The predicted octanol–water partition coefficient (Wildman–Crippen LogP) is 3.18. The number of benzene rings is 1. The summed E-state index contributed by atoms with van der Waals surface area (Å²) < 4.78 is 0. The fourth-order valence-corrected chi connectivity index (χ4v) is 1.99. The molecule has 0 aliphatic rings. The van der Waals surface area contributed by atoms with E-state index in [0.717, 1.165) is 24.6 Å². The van der Waals surface area contributed by atoms with E-state index in [9.17, 15) is 0 Å². The van der Waals surface area contributed by atoms with Gasteiger partial charge in [0.1, 0.15) is 0 Å². The fourth-order valence-electron chi connectivity index (χ4n) is 1.99. The van der Waals surface area contributed by atoms with Crippen molar-refractivity contribution in [2.45, 2.75) is 40.2 Å². The van der Waals surface area contributed by atoms with Crippen LogP contribution in [0.15, 0.2) is 24.3 Å². The van der Waals surface area contributed by atoms with Gasteiger partial charge in [-0.05, 0) is 43.9 Å². The number of nitrogens with two attached hydrogens (primary N) is 1. The molecule has 96 valence electrons. The Kier molecular flexibility index (Phi) is 5.49. The maximum absolute atomic E-state index is 5.69. The molecule has 0 amide bonds. The molecule has 1 aromatic rings. The molecule has 0 fully saturated rings. The number of rotatable bonds is 6. The molecule has 0 aliphatic heterocycles. The maximum atomic E-state index is 5.69. The van der Waals surface area contributed by atoms with E-state index in [1.54, 1.807) is 0 Å². The van der Waals surface area contributed by atoms with Crippen LogP contribution < -0.4 is 5.73 Å². The first-order valence-electron chi connectivity index (χ1n) is 6.57. The second-order valence-corrected chi connectivity index (χ2v) is 5.47. The van der Waals surface area contributed by atoms with Gasteiger partial charge in [0.15, 0.2) is 0 Å². The number of nitrogen functional groups attached to an aromatic ring is 1. The van der Waals surface area contributed by atoms with Crippen LogP contribution in [0.25, 0.3) is 0 Å². The first-order valence-corrected chi connectivity index (χ1v) is 6.57. The molecule has 0 bridgehead atoms. The lowest BCUT2D eigenvalue weighted by atomic mass is 10.1. The lowest BCUT2D eigenvalue weighted by Gasteiger charge is -2.28. The van der Waals surface area contributed by atoms with Crippen LogP contribution in [0.5, 0.6) is 0 Å². The first kappa shape index (κ1) is 14.0. The number of nitrogens with zero attached hydrogens (tertiary/aromatic N) is 1. The predicted molar refractivity (Wildman–Crippen MR) is 76.1 cm³/mol. The summed E-state index contributed by atoms with van der Waals surface area (Å²) in [6.45, 7) is 11.4. The number of hydrogen-bond donors (Lipinski definition) is 1. The third-order valence-electron chi connectivity index (χ3n) is 3.00. The quantitative estimate of drug-likeness (QED) is 0.766. The SMILES string of the molecule is CC(C)CN(CCc1ccc(N)cc1)C(C)C. The van der Waals surface area contributed by atoms with Crippen molar-refractivity contribution < 1.29 is 0 Å². The molecule has 1 aromatic carbocycles. The second kappa shape index (κ2) is 6.65. The molecule has 0 heterocycles. The Morgan fingerprint density at radius 3 is 2.12 bits per heavy atom. The van der Waals surface area contributed by atoms with Crippen LogP contribution in [0.4, 0.5) is 5.69 Å². The smallest absolute Gasteiger partial charge is 0.0314 e. The first-order chi connectivity index (χ1) is 7.99. The summed E-state index contributed by atoms with van der Waals surface area (Å²) in [6.07, 6.45) is 1.10. The minimum absolute atomic E-state index is 0.617. The van der Waals surface area contributed by atoms with Crippen LogP contribution in [-0.2, 0) is 6.42 Å². The highest BCUT2D eigenvalue weighted by molar-refractivity contribution is 5.39. The molecule has 2 N–H and O–H groups in total. The van der Waals surface area contributed by atoms with Gasteiger partial charge in [0.2, 0.25) is 0 Å². The summed E-state index contributed by atoms with van der Waals surface area (Å²) in [5.74, 6) is 0.726. The van der Waals surface area contributed by atoms with Crippen molar-refractivity contribution in [1.29, 1.82) is 0 Å². The van der Waals surface area contributed by atoms with Gasteiger partial charge in [-0.3, -0.25) is 0 Å². The molecule has 0 saturated carbocycles. The van der Waals surface area contributed by atoms with Crippen molar-refractivity contribution in [2.24, 2.45) is 5.92 Å². The number of hydrogen-bond acceptors (Lipinski definition) is 2. The maximum Gasteiger partial charge on any atom is 0.0314 e. The molecule has 0 aliphatic carbocycles. The van der Waals surface area contributed by atoms with Gasteiger partial charge in [0.05, 0.1) is 0 Å². The van der Waals surface area contributed by atoms with E-state index in [1.807, 2.05) is 12.1 Å². The third kappa shape index (κ3) is 5.22. The molecule has 2 nitrogen and oxygen atoms in total. The Morgan fingerprint density at radius 1 is 1.06 bits per heavy atom. The summed E-state index contributed by atoms with van der Waals surface area (Å²) in [5, 5.41) is 0. The Labute approximate surface area is 106 Å². The van der Waals surface area contributed by atoms with Gasteiger partial charge < -0.3 is 10.6 Å². The molecule has 1 rings (SSSR count). The zero-order valence-electron chi connectivity index (χ0n) is 11.6. The summed E-state index contributed by atoms with van der Waals surface area (Å²) in [6, 6.07) is 8.84. The van der Waals surface area contributed by atoms with Crippen LogP contribution in [0.3, 0.4) is 0 Å². The summed E-state index contributed by atoms with van der Waals surface area (Å²) in [4.78, 5) is 2.54. The standard InChI is InChI=1S/C15H26N2/c1-12(2)11-17(13(3)4)10-9-14-5-7-15(16)8-6-14/h5-8,12-13H,9-11,16H2,1-4H3. The second-order valence-electron chi connectivity index (χ2n) is 5.47. The molecule has 0 saturated heterocycles. The monoisotopic (exact) mass is 234 g/mol. The highest BCUT2D eigenvalue weighted by atomic mass is 15.1. The van der Waals surface area contributed by atoms with Crippen molar-refractivity contribution in [3.63, 3.8) is 0 Å². The van der Waals surface area contributed by atoms with E-state index in [4.69, 9.17) is 5.73 Å². The molecular formula is C15H26N2. The van der Waals surface area contributed by atoms with E-state index < -0.39 is 0 Å². The molecular weight excluding hydrogens is 208 g/mol. The van der Waals surface area contributed by atoms with Crippen LogP contribution in [0, 0.1) is 5.92 Å². The topological polar surface area (TPSA) is 29.3 Å². The normalized spacial score (nSPS) is 11.7. The van der Waals surface area contributed by atoms with Gasteiger partial charge in [-0.1, -0.05) is 26.0 Å². The van der Waals surface area contributed by atoms with E-state index in [-0.39, 0.29) is 0 Å². The lowest BCUT2D eigenvalue weighted by molar-refractivity contribution is 0.200. The molecule has 0 aromatic heterocycles. The Hall–Kier alpha value is -1.02. The summed E-state index contributed by atoms with van der Waals surface area (Å²) in [5.41, 5.74) is 7.90. The number of anilines is 1.